The topological polar surface area (TPSA) is 36.4 Å². The average Bonchev–Trinajstić information content (AvgIpc) is 2.97. The Bertz CT molecular complexity index is 729. The highest BCUT2D eigenvalue weighted by atomic mass is 16.2. The Hall–Kier alpha value is -2.10. The number of hydrogen-bond donors (Lipinski definition) is 0. The van der Waals surface area contributed by atoms with Crippen LogP contribution in [-0.2, 0) is 4.79 Å². The summed E-state index contributed by atoms with van der Waals surface area (Å²) in [5.74, 6) is 1.32. The fourth-order valence-electron chi connectivity index (χ4n) is 3.95. The highest BCUT2D eigenvalue weighted by Gasteiger charge is 2.47. The fourth-order valence-corrected chi connectivity index (χ4v) is 3.95. The Morgan fingerprint density at radius 1 is 1.09 bits per heavy atom. The maximum absolute atomic E-state index is 12.6. The Labute approximate surface area is 130 Å². The number of fused-ring (bicyclic) bond motifs is 1. The van der Waals surface area contributed by atoms with Gasteiger partial charge in [0.1, 0.15) is 5.82 Å². The maximum Gasteiger partial charge on any atom is 0.230 e. The van der Waals surface area contributed by atoms with Gasteiger partial charge in [0.2, 0.25) is 5.91 Å². The largest absolute Gasteiger partial charge is 0.355 e. The molecule has 0 N–H and O–H groups in total. The second kappa shape index (κ2) is 4.97. The van der Waals surface area contributed by atoms with E-state index in [-0.39, 0.29) is 5.41 Å². The Morgan fingerprint density at radius 3 is 2.86 bits per heavy atom. The third kappa shape index (κ3) is 2.05. The minimum Gasteiger partial charge on any atom is -0.355 e. The van der Waals surface area contributed by atoms with Crippen LogP contribution in [0.4, 0.5) is 5.82 Å². The van der Waals surface area contributed by atoms with Gasteiger partial charge in [-0.2, -0.15) is 0 Å². The SMILES string of the molecule is CN1CCC[C@@]2(CCN(c3ccc4ccccc4n3)C2)C1=O. The summed E-state index contributed by atoms with van der Waals surface area (Å²) in [6.45, 7) is 2.63. The van der Waals surface area contributed by atoms with Gasteiger partial charge in [-0.25, -0.2) is 4.98 Å². The molecule has 4 rings (SSSR count). The van der Waals surface area contributed by atoms with Crippen LogP contribution < -0.4 is 4.90 Å². The molecule has 0 aliphatic carbocycles. The fraction of sp³-hybridized carbons (Fsp3) is 0.444. The van der Waals surface area contributed by atoms with Crippen LogP contribution in [-0.4, -0.2) is 42.5 Å². The number of hydrogen-bond acceptors (Lipinski definition) is 3. The van der Waals surface area contributed by atoms with E-state index < -0.39 is 0 Å². The number of piperidine rings is 1. The lowest BCUT2D eigenvalue weighted by Crippen LogP contribution is -2.48. The van der Waals surface area contributed by atoms with Crippen LogP contribution in [0.25, 0.3) is 10.9 Å². The summed E-state index contributed by atoms with van der Waals surface area (Å²) >= 11 is 0. The molecule has 0 saturated carbocycles. The number of anilines is 1. The number of aromatic nitrogens is 1. The first-order chi connectivity index (χ1) is 10.7. The number of para-hydroxylation sites is 1. The lowest BCUT2D eigenvalue weighted by Gasteiger charge is -2.37. The van der Waals surface area contributed by atoms with Crippen molar-refractivity contribution >= 4 is 22.6 Å². The Morgan fingerprint density at radius 2 is 1.95 bits per heavy atom. The molecule has 4 heteroatoms. The van der Waals surface area contributed by atoms with Crippen molar-refractivity contribution < 1.29 is 4.79 Å². The molecule has 0 bridgehead atoms. The highest BCUT2D eigenvalue weighted by Crippen LogP contribution is 2.41. The molecule has 2 saturated heterocycles. The van der Waals surface area contributed by atoms with E-state index in [9.17, 15) is 4.79 Å². The van der Waals surface area contributed by atoms with E-state index in [2.05, 4.69) is 23.1 Å². The van der Waals surface area contributed by atoms with Crippen molar-refractivity contribution in [1.82, 2.24) is 9.88 Å². The number of pyridine rings is 1. The van der Waals surface area contributed by atoms with Gasteiger partial charge in [-0.1, -0.05) is 18.2 Å². The summed E-state index contributed by atoms with van der Waals surface area (Å²) in [5, 5.41) is 1.16. The molecule has 1 aromatic heterocycles. The molecular weight excluding hydrogens is 274 g/mol. The van der Waals surface area contributed by atoms with Crippen molar-refractivity contribution in [2.45, 2.75) is 19.3 Å². The summed E-state index contributed by atoms with van der Waals surface area (Å²) in [4.78, 5) is 21.6. The van der Waals surface area contributed by atoms with Crippen molar-refractivity contribution in [3.8, 4) is 0 Å². The first-order valence-electron chi connectivity index (χ1n) is 8.04. The minimum atomic E-state index is -0.180. The lowest BCUT2D eigenvalue weighted by atomic mass is 9.78. The normalized spacial score (nSPS) is 25.4. The van der Waals surface area contributed by atoms with Gasteiger partial charge in [0, 0.05) is 32.1 Å². The first-order valence-corrected chi connectivity index (χ1v) is 8.04. The molecule has 0 radical (unpaired) electrons. The van der Waals surface area contributed by atoms with E-state index in [1.807, 2.05) is 30.1 Å². The van der Waals surface area contributed by atoms with Crippen LogP contribution in [0.2, 0.25) is 0 Å². The molecule has 1 aromatic carbocycles. The van der Waals surface area contributed by atoms with Gasteiger partial charge in [-0.3, -0.25) is 4.79 Å². The van der Waals surface area contributed by atoms with E-state index in [4.69, 9.17) is 4.98 Å². The zero-order chi connectivity index (χ0) is 15.2. The number of nitrogens with zero attached hydrogens (tertiary/aromatic N) is 3. The van der Waals surface area contributed by atoms with Gasteiger partial charge in [0.05, 0.1) is 10.9 Å². The monoisotopic (exact) mass is 295 g/mol. The maximum atomic E-state index is 12.6. The van der Waals surface area contributed by atoms with Gasteiger partial charge < -0.3 is 9.80 Å². The summed E-state index contributed by atoms with van der Waals surface area (Å²) in [6.07, 6.45) is 3.08. The Kier molecular flexibility index (Phi) is 3.06. The predicted molar refractivity (Wildman–Crippen MR) is 87.9 cm³/mol. The van der Waals surface area contributed by atoms with Crippen LogP contribution in [0.5, 0.6) is 0 Å². The molecule has 2 fully saturated rings. The molecule has 22 heavy (non-hydrogen) atoms. The van der Waals surface area contributed by atoms with Crippen LogP contribution in [0, 0.1) is 5.41 Å². The van der Waals surface area contributed by atoms with E-state index in [0.29, 0.717) is 5.91 Å². The van der Waals surface area contributed by atoms with Gasteiger partial charge in [0.25, 0.3) is 0 Å². The van der Waals surface area contributed by atoms with Gasteiger partial charge >= 0.3 is 0 Å². The number of carbonyl (C=O) groups excluding carboxylic acids is 1. The number of carbonyl (C=O) groups is 1. The van der Waals surface area contributed by atoms with Crippen molar-refractivity contribution in [3.05, 3.63) is 36.4 Å². The molecule has 1 spiro atoms. The van der Waals surface area contributed by atoms with Crippen molar-refractivity contribution in [2.24, 2.45) is 5.41 Å². The van der Waals surface area contributed by atoms with Crippen LogP contribution >= 0.6 is 0 Å². The van der Waals surface area contributed by atoms with Crippen molar-refractivity contribution in [3.63, 3.8) is 0 Å². The number of amides is 1. The number of benzene rings is 1. The third-order valence-corrected chi connectivity index (χ3v) is 5.21. The van der Waals surface area contributed by atoms with Gasteiger partial charge in [0.15, 0.2) is 0 Å². The van der Waals surface area contributed by atoms with Crippen molar-refractivity contribution in [2.75, 3.05) is 31.6 Å². The molecule has 2 aromatic rings. The van der Waals surface area contributed by atoms with Crippen LogP contribution in [0.1, 0.15) is 19.3 Å². The van der Waals surface area contributed by atoms with E-state index in [1.54, 1.807) is 0 Å². The zero-order valence-corrected chi connectivity index (χ0v) is 13.0. The number of rotatable bonds is 1. The van der Waals surface area contributed by atoms with Gasteiger partial charge in [-0.15, -0.1) is 0 Å². The smallest absolute Gasteiger partial charge is 0.230 e. The quantitative estimate of drug-likeness (QED) is 0.811. The van der Waals surface area contributed by atoms with Crippen LogP contribution in [0.3, 0.4) is 0 Å². The molecular formula is C18H21N3O. The highest BCUT2D eigenvalue weighted by molar-refractivity contribution is 5.85. The number of likely N-dealkylation sites (tertiary alicyclic amines) is 1. The predicted octanol–water partition coefficient (Wildman–Crippen LogP) is 2.68. The summed E-state index contributed by atoms with van der Waals surface area (Å²) in [7, 11) is 1.93. The van der Waals surface area contributed by atoms with E-state index >= 15 is 0 Å². The lowest BCUT2D eigenvalue weighted by molar-refractivity contribution is -0.143. The van der Waals surface area contributed by atoms with Gasteiger partial charge in [-0.05, 0) is 37.5 Å². The second-order valence-electron chi connectivity index (χ2n) is 6.64. The summed E-state index contributed by atoms with van der Waals surface area (Å²) in [5.41, 5.74) is 0.841. The first kappa shape index (κ1) is 13.6. The third-order valence-electron chi connectivity index (χ3n) is 5.21. The molecule has 2 aliphatic rings. The molecule has 3 heterocycles. The molecule has 1 atom stereocenters. The van der Waals surface area contributed by atoms with Crippen molar-refractivity contribution in [1.29, 1.82) is 0 Å². The minimum absolute atomic E-state index is 0.180. The average molecular weight is 295 g/mol. The molecule has 114 valence electrons. The molecule has 2 aliphatic heterocycles. The molecule has 0 unspecified atom stereocenters. The van der Waals surface area contributed by atoms with E-state index in [1.165, 1.54) is 0 Å². The standard InChI is InChI=1S/C18H21N3O/c1-20-11-4-9-18(17(20)22)10-12-21(13-18)16-8-7-14-5-2-3-6-15(14)19-16/h2-3,5-8H,4,9-13H2,1H3/t18-/m0/s1. The molecule has 4 nitrogen and oxygen atoms in total. The second-order valence-corrected chi connectivity index (χ2v) is 6.64. The van der Waals surface area contributed by atoms with E-state index in [0.717, 1.165) is 55.6 Å². The zero-order valence-electron chi connectivity index (χ0n) is 13.0. The Balaban J connectivity index is 1.62. The van der Waals surface area contributed by atoms with Crippen LogP contribution in [0.15, 0.2) is 36.4 Å². The summed E-state index contributed by atoms with van der Waals surface area (Å²) in [6, 6.07) is 12.4. The molecule has 1 amide bonds. The summed E-state index contributed by atoms with van der Waals surface area (Å²) < 4.78 is 0.